The fraction of sp³-hybridized carbons (Fsp3) is 0.632. The molecule has 2 rings (SSSR count). The Morgan fingerprint density at radius 2 is 1.40 bits per heavy atom. The van der Waals surface area contributed by atoms with Crippen molar-refractivity contribution in [2.45, 2.75) is 135 Å². The van der Waals surface area contributed by atoms with E-state index in [9.17, 15) is 0 Å². The predicted molar refractivity (Wildman–Crippen MR) is 194 cm³/mol. The summed E-state index contributed by atoms with van der Waals surface area (Å²) < 4.78 is 0. The summed E-state index contributed by atoms with van der Waals surface area (Å²) >= 11 is 0. The minimum absolute atomic E-state index is 0.0751. The van der Waals surface area contributed by atoms with Crippen LogP contribution in [0.15, 0.2) is 43.1 Å². The van der Waals surface area contributed by atoms with E-state index in [0.29, 0.717) is 11.5 Å². The van der Waals surface area contributed by atoms with E-state index < -0.39 is 0 Å². The highest BCUT2D eigenvalue weighted by Crippen LogP contribution is 2.20. The molecule has 4 heteroatoms. The van der Waals surface area contributed by atoms with Gasteiger partial charge in [-0.2, -0.15) is 0 Å². The van der Waals surface area contributed by atoms with Crippen LogP contribution in [0.2, 0.25) is 0 Å². The quantitative estimate of drug-likeness (QED) is 0.182. The fourth-order valence-corrected chi connectivity index (χ4v) is 4.26. The molecule has 2 aromatic rings. The zero-order valence-corrected chi connectivity index (χ0v) is 30.2. The van der Waals surface area contributed by atoms with Crippen molar-refractivity contribution in [1.82, 2.24) is 4.98 Å². The SMILES string of the molecule is C=C(C)c1ccc(CC)cc1.CC.CC.CCCC(C)CCC.CCCN(CC(C)CC)c1ncc(C(=N)N)cc1C. The van der Waals surface area contributed by atoms with Gasteiger partial charge in [0.05, 0.1) is 0 Å². The van der Waals surface area contributed by atoms with E-state index in [1.54, 1.807) is 6.20 Å². The monoisotopic (exact) mass is 583 g/mol. The van der Waals surface area contributed by atoms with Crippen LogP contribution in [0.25, 0.3) is 5.57 Å². The average molecular weight is 583 g/mol. The number of pyridine rings is 1. The number of aryl methyl sites for hydroxylation is 2. The summed E-state index contributed by atoms with van der Waals surface area (Å²) in [5, 5.41) is 7.46. The lowest BCUT2D eigenvalue weighted by molar-refractivity contribution is 0.480. The maximum atomic E-state index is 7.46. The van der Waals surface area contributed by atoms with E-state index in [1.807, 2.05) is 47.6 Å². The Morgan fingerprint density at radius 3 is 1.76 bits per heavy atom. The maximum absolute atomic E-state index is 7.46. The normalized spacial score (nSPS) is 10.3. The summed E-state index contributed by atoms with van der Waals surface area (Å²) in [5.41, 5.74) is 11.0. The zero-order valence-electron chi connectivity index (χ0n) is 30.2. The largest absolute Gasteiger partial charge is 0.384 e. The van der Waals surface area contributed by atoms with E-state index in [2.05, 4.69) is 89.2 Å². The van der Waals surface area contributed by atoms with E-state index >= 15 is 0 Å². The van der Waals surface area contributed by atoms with Crippen molar-refractivity contribution in [2.24, 2.45) is 17.6 Å². The highest BCUT2D eigenvalue weighted by atomic mass is 15.2. The number of hydrogen-bond donors (Lipinski definition) is 2. The number of nitrogens with zero attached hydrogens (tertiary/aromatic N) is 2. The molecule has 1 atom stereocenters. The lowest BCUT2D eigenvalue weighted by Gasteiger charge is -2.27. The van der Waals surface area contributed by atoms with E-state index in [0.717, 1.165) is 48.8 Å². The number of nitrogens with two attached hydrogens (primary N) is 1. The van der Waals surface area contributed by atoms with Gasteiger partial charge in [-0.25, -0.2) is 4.98 Å². The molecule has 0 saturated heterocycles. The molecule has 0 bridgehead atoms. The second kappa shape index (κ2) is 28.5. The van der Waals surface area contributed by atoms with Gasteiger partial charge >= 0.3 is 0 Å². The van der Waals surface area contributed by atoms with Crippen LogP contribution >= 0.6 is 0 Å². The van der Waals surface area contributed by atoms with Crippen molar-refractivity contribution in [1.29, 1.82) is 5.41 Å². The number of hydrogen-bond acceptors (Lipinski definition) is 3. The number of nitrogen functional groups attached to an aromatic ring is 1. The van der Waals surface area contributed by atoms with Gasteiger partial charge in [-0.05, 0) is 61.3 Å². The van der Waals surface area contributed by atoms with E-state index in [1.165, 1.54) is 43.2 Å². The molecule has 4 nitrogen and oxygen atoms in total. The number of allylic oxidation sites excluding steroid dienone is 1. The molecule has 3 N–H and O–H groups in total. The Bertz CT molecular complexity index is 911. The van der Waals surface area contributed by atoms with Crippen LogP contribution in [-0.2, 0) is 6.42 Å². The molecule has 0 aliphatic heterocycles. The van der Waals surface area contributed by atoms with Gasteiger partial charge in [-0.1, -0.05) is 145 Å². The minimum Gasteiger partial charge on any atom is -0.384 e. The zero-order chi connectivity index (χ0) is 33.1. The number of nitrogens with one attached hydrogen (secondary N) is 1. The topological polar surface area (TPSA) is 66.0 Å². The van der Waals surface area contributed by atoms with E-state index in [-0.39, 0.29) is 5.84 Å². The lowest BCUT2D eigenvalue weighted by Crippen LogP contribution is -2.30. The van der Waals surface area contributed by atoms with Crippen molar-refractivity contribution in [3.05, 3.63) is 65.4 Å². The third-order valence-corrected chi connectivity index (χ3v) is 6.80. The number of rotatable bonds is 13. The lowest BCUT2D eigenvalue weighted by atomic mass is 10.0. The molecular formula is C38H70N4. The van der Waals surface area contributed by atoms with Gasteiger partial charge in [0, 0.05) is 24.8 Å². The van der Waals surface area contributed by atoms with Crippen molar-refractivity contribution in [3.63, 3.8) is 0 Å². The Hall–Kier alpha value is -2.62. The molecule has 1 aromatic carbocycles. The second-order valence-electron chi connectivity index (χ2n) is 10.8. The number of benzene rings is 1. The van der Waals surface area contributed by atoms with Gasteiger partial charge < -0.3 is 10.6 Å². The van der Waals surface area contributed by atoms with Gasteiger partial charge in [-0.3, -0.25) is 5.41 Å². The molecule has 0 aliphatic carbocycles. The first kappa shape index (κ1) is 43.8. The number of anilines is 1. The molecule has 1 aromatic heterocycles. The Kier molecular flexibility index (Phi) is 29.7. The predicted octanol–water partition coefficient (Wildman–Crippen LogP) is 11.5. The van der Waals surface area contributed by atoms with E-state index in [4.69, 9.17) is 11.1 Å². The van der Waals surface area contributed by atoms with Gasteiger partial charge in [0.2, 0.25) is 0 Å². The summed E-state index contributed by atoms with van der Waals surface area (Å²) in [4.78, 5) is 6.85. The summed E-state index contributed by atoms with van der Waals surface area (Å²) in [6.45, 7) is 33.7. The number of aromatic nitrogens is 1. The molecule has 1 heterocycles. The average Bonchev–Trinajstić information content (AvgIpc) is 2.99. The molecular weight excluding hydrogens is 512 g/mol. The van der Waals surface area contributed by atoms with Crippen molar-refractivity contribution in [3.8, 4) is 0 Å². The maximum Gasteiger partial charge on any atom is 0.131 e. The molecule has 0 saturated carbocycles. The first-order valence-corrected chi connectivity index (χ1v) is 16.8. The van der Waals surface area contributed by atoms with Crippen molar-refractivity contribution >= 4 is 17.2 Å². The first-order valence-electron chi connectivity index (χ1n) is 16.8. The Morgan fingerprint density at radius 1 is 0.881 bits per heavy atom. The van der Waals surface area contributed by atoms with Crippen molar-refractivity contribution < 1.29 is 0 Å². The van der Waals surface area contributed by atoms with Crippen LogP contribution in [0.5, 0.6) is 0 Å². The molecule has 0 aliphatic rings. The molecule has 0 radical (unpaired) electrons. The Balaban J connectivity index is -0.000000560. The summed E-state index contributed by atoms with van der Waals surface area (Å²) in [6, 6.07) is 10.5. The van der Waals surface area contributed by atoms with Crippen LogP contribution < -0.4 is 10.6 Å². The number of amidine groups is 1. The van der Waals surface area contributed by atoms with Gasteiger partial charge in [0.25, 0.3) is 0 Å². The van der Waals surface area contributed by atoms with Crippen LogP contribution in [0.4, 0.5) is 5.82 Å². The fourth-order valence-electron chi connectivity index (χ4n) is 4.26. The molecule has 0 spiro atoms. The molecule has 242 valence electrons. The standard InChI is InChI=1S/C15H26N4.C11H14.C8H18.2C2H6/c1-5-7-19(10-11(3)6-2)15-12(4)8-13(9-18-15)14(16)17;1-4-10-5-7-11(8-6-10)9(2)3;1-4-6-8(3)7-5-2;2*1-2/h8-9,11H,5-7,10H2,1-4H3,(H3,16,17);5-8H,2,4H2,1,3H3;8H,4-7H2,1-3H3;2*1-2H3. The van der Waals surface area contributed by atoms with Gasteiger partial charge in [0.1, 0.15) is 11.7 Å². The molecule has 1 unspecified atom stereocenters. The van der Waals surface area contributed by atoms with Crippen LogP contribution in [0, 0.1) is 24.2 Å². The summed E-state index contributed by atoms with van der Waals surface area (Å²) in [6.07, 6.45) is 10.6. The third-order valence-electron chi connectivity index (χ3n) is 6.80. The van der Waals surface area contributed by atoms with Crippen molar-refractivity contribution in [2.75, 3.05) is 18.0 Å². The van der Waals surface area contributed by atoms with Crippen LogP contribution in [0.3, 0.4) is 0 Å². The highest BCUT2D eigenvalue weighted by molar-refractivity contribution is 5.95. The molecule has 0 amide bonds. The summed E-state index contributed by atoms with van der Waals surface area (Å²) in [7, 11) is 0. The van der Waals surface area contributed by atoms with Crippen LogP contribution in [0.1, 0.15) is 144 Å². The third kappa shape index (κ3) is 20.3. The molecule has 42 heavy (non-hydrogen) atoms. The second-order valence-corrected chi connectivity index (χ2v) is 10.8. The first-order chi connectivity index (χ1) is 20.0. The van der Waals surface area contributed by atoms with Gasteiger partial charge in [-0.15, -0.1) is 0 Å². The van der Waals surface area contributed by atoms with Crippen LogP contribution in [-0.4, -0.2) is 23.9 Å². The molecule has 0 fully saturated rings. The summed E-state index contributed by atoms with van der Waals surface area (Å²) in [5.74, 6) is 2.71. The minimum atomic E-state index is 0.0751. The highest BCUT2D eigenvalue weighted by Gasteiger charge is 2.14. The smallest absolute Gasteiger partial charge is 0.131 e. The van der Waals surface area contributed by atoms with Gasteiger partial charge in [0.15, 0.2) is 0 Å². The Labute approximate surface area is 263 Å².